The summed E-state index contributed by atoms with van der Waals surface area (Å²) >= 11 is 0. The number of rotatable bonds is 13. The number of urea groups is 1. The Morgan fingerprint density at radius 2 is 1.60 bits per heavy atom. The number of hydrogen-bond donors (Lipinski definition) is 3. The van der Waals surface area contributed by atoms with E-state index in [1.165, 1.54) is 7.11 Å². The zero-order chi connectivity index (χ0) is 30.4. The molecule has 11 heteroatoms. The molecule has 2 atom stereocenters. The third kappa shape index (κ3) is 10.1. The van der Waals surface area contributed by atoms with Crippen LogP contribution >= 0.6 is 0 Å². The quantitative estimate of drug-likeness (QED) is 0.303. The van der Waals surface area contributed by atoms with Crippen LogP contribution in [-0.4, -0.2) is 80.6 Å². The van der Waals surface area contributed by atoms with Gasteiger partial charge in [-0.15, -0.1) is 0 Å². The standard InChI is InChI=1S/C32H42N4O7/c1-41-26-14-12-25(13-15-26)33-31(39)29(37)28(22-43-21-24-10-6-3-7-11-24)34-30(38)27(20-23-8-4-2-5-9-23)35-32(40)36-16-18-42-19-17-36/h3,6-7,10-15,23,27-28H,2,4-5,8-9,16-22H2,1H3,(H,33,39)(H,34,38)(H,35,40). The first-order valence-electron chi connectivity index (χ1n) is 15.0. The molecule has 2 aromatic rings. The van der Waals surface area contributed by atoms with Crippen molar-refractivity contribution in [2.45, 2.75) is 57.2 Å². The predicted molar refractivity (Wildman–Crippen MR) is 161 cm³/mol. The maximum absolute atomic E-state index is 13.7. The molecule has 232 valence electrons. The van der Waals surface area contributed by atoms with Crippen molar-refractivity contribution in [2.24, 2.45) is 5.92 Å². The van der Waals surface area contributed by atoms with Gasteiger partial charge in [-0.05, 0) is 42.2 Å². The number of Topliss-reactive ketones (excluding diaryl/α,β-unsaturated/α-hetero) is 1. The smallest absolute Gasteiger partial charge is 0.318 e. The lowest BCUT2D eigenvalue weighted by atomic mass is 9.84. The van der Waals surface area contributed by atoms with Crippen LogP contribution in [0.15, 0.2) is 54.6 Å². The molecule has 2 aliphatic rings. The molecule has 1 saturated heterocycles. The fraction of sp³-hybridized carbons (Fsp3) is 0.500. The normalized spacial score (nSPS) is 16.9. The molecule has 1 aliphatic heterocycles. The predicted octanol–water partition coefficient (Wildman–Crippen LogP) is 3.29. The second kappa shape index (κ2) is 16.6. The molecule has 1 heterocycles. The Labute approximate surface area is 252 Å². The highest BCUT2D eigenvalue weighted by Gasteiger charge is 2.33. The van der Waals surface area contributed by atoms with Gasteiger partial charge >= 0.3 is 6.03 Å². The van der Waals surface area contributed by atoms with Crippen LogP contribution in [0.3, 0.4) is 0 Å². The number of amides is 4. The van der Waals surface area contributed by atoms with Gasteiger partial charge in [-0.1, -0.05) is 62.4 Å². The lowest BCUT2D eigenvalue weighted by Crippen LogP contribution is -2.57. The van der Waals surface area contributed by atoms with Crippen LogP contribution < -0.4 is 20.7 Å². The molecule has 4 amide bonds. The summed E-state index contributed by atoms with van der Waals surface area (Å²) in [6.07, 6.45) is 5.72. The number of morpholine rings is 1. The van der Waals surface area contributed by atoms with E-state index >= 15 is 0 Å². The first-order chi connectivity index (χ1) is 20.9. The molecule has 1 saturated carbocycles. The molecule has 4 rings (SSSR count). The molecular formula is C32H42N4O7. The Hall–Kier alpha value is -3.96. The maximum atomic E-state index is 13.7. The van der Waals surface area contributed by atoms with Crippen molar-refractivity contribution < 1.29 is 33.4 Å². The van der Waals surface area contributed by atoms with Gasteiger partial charge in [-0.2, -0.15) is 0 Å². The number of hydrogen-bond acceptors (Lipinski definition) is 7. The van der Waals surface area contributed by atoms with Crippen LogP contribution in [-0.2, 0) is 30.5 Å². The summed E-state index contributed by atoms with van der Waals surface area (Å²) in [5, 5.41) is 8.21. The third-order valence-corrected chi connectivity index (χ3v) is 7.81. The van der Waals surface area contributed by atoms with Crippen molar-refractivity contribution in [3.05, 3.63) is 60.2 Å². The summed E-state index contributed by atoms with van der Waals surface area (Å²) in [6.45, 7) is 1.72. The van der Waals surface area contributed by atoms with E-state index in [4.69, 9.17) is 14.2 Å². The van der Waals surface area contributed by atoms with Crippen LogP contribution in [0.25, 0.3) is 0 Å². The molecule has 1 aliphatic carbocycles. The Balaban J connectivity index is 1.46. The molecule has 2 aromatic carbocycles. The van der Waals surface area contributed by atoms with Gasteiger partial charge < -0.3 is 35.1 Å². The average Bonchev–Trinajstić information content (AvgIpc) is 3.05. The molecule has 0 aromatic heterocycles. The highest BCUT2D eigenvalue weighted by molar-refractivity contribution is 6.42. The summed E-state index contributed by atoms with van der Waals surface area (Å²) in [5.74, 6) is -1.39. The molecule has 2 unspecified atom stereocenters. The second-order valence-corrected chi connectivity index (χ2v) is 11.0. The Morgan fingerprint density at radius 1 is 0.907 bits per heavy atom. The number of methoxy groups -OCH3 is 1. The number of ketones is 1. The van der Waals surface area contributed by atoms with E-state index in [1.807, 2.05) is 30.3 Å². The van der Waals surface area contributed by atoms with E-state index in [0.29, 0.717) is 44.2 Å². The summed E-state index contributed by atoms with van der Waals surface area (Å²) in [7, 11) is 1.53. The van der Waals surface area contributed by atoms with E-state index in [1.54, 1.807) is 29.2 Å². The van der Waals surface area contributed by atoms with Crippen molar-refractivity contribution in [2.75, 3.05) is 45.3 Å². The minimum atomic E-state index is -1.26. The largest absolute Gasteiger partial charge is 0.497 e. The number of ether oxygens (including phenoxy) is 3. The highest BCUT2D eigenvalue weighted by atomic mass is 16.5. The number of nitrogens with one attached hydrogen (secondary N) is 3. The molecule has 3 N–H and O–H groups in total. The van der Waals surface area contributed by atoms with Gasteiger partial charge in [0, 0.05) is 18.8 Å². The summed E-state index contributed by atoms with van der Waals surface area (Å²) in [4.78, 5) is 54.8. The number of carbonyl (C=O) groups is 4. The van der Waals surface area contributed by atoms with Gasteiger partial charge in [0.05, 0.1) is 33.5 Å². The van der Waals surface area contributed by atoms with Crippen LogP contribution in [0.2, 0.25) is 0 Å². The number of benzene rings is 2. The summed E-state index contributed by atoms with van der Waals surface area (Å²) < 4.78 is 16.3. The number of nitrogens with zero attached hydrogens (tertiary/aromatic N) is 1. The Morgan fingerprint density at radius 3 is 2.28 bits per heavy atom. The number of carbonyl (C=O) groups excluding carboxylic acids is 4. The van der Waals surface area contributed by atoms with E-state index in [2.05, 4.69) is 16.0 Å². The van der Waals surface area contributed by atoms with Gasteiger partial charge in [0.25, 0.3) is 5.91 Å². The van der Waals surface area contributed by atoms with Gasteiger partial charge in [0.2, 0.25) is 11.7 Å². The van der Waals surface area contributed by atoms with Crippen molar-refractivity contribution in [1.29, 1.82) is 0 Å². The van der Waals surface area contributed by atoms with Crippen molar-refractivity contribution >= 4 is 29.3 Å². The molecule has 43 heavy (non-hydrogen) atoms. The van der Waals surface area contributed by atoms with Crippen LogP contribution in [0.5, 0.6) is 5.75 Å². The van der Waals surface area contributed by atoms with Gasteiger partial charge in [0.15, 0.2) is 0 Å². The molecule has 0 spiro atoms. The first kappa shape index (κ1) is 32.0. The van der Waals surface area contributed by atoms with E-state index in [9.17, 15) is 19.2 Å². The highest BCUT2D eigenvalue weighted by Crippen LogP contribution is 2.27. The van der Waals surface area contributed by atoms with Crippen molar-refractivity contribution in [3.63, 3.8) is 0 Å². The van der Waals surface area contributed by atoms with Crippen molar-refractivity contribution in [1.82, 2.24) is 15.5 Å². The molecule has 0 radical (unpaired) electrons. The first-order valence-corrected chi connectivity index (χ1v) is 15.0. The van der Waals surface area contributed by atoms with Crippen molar-refractivity contribution in [3.8, 4) is 5.75 Å². The van der Waals surface area contributed by atoms with Gasteiger partial charge in [-0.25, -0.2) is 4.79 Å². The van der Waals surface area contributed by atoms with Crippen LogP contribution in [0.1, 0.15) is 44.1 Å². The fourth-order valence-corrected chi connectivity index (χ4v) is 5.34. The second-order valence-electron chi connectivity index (χ2n) is 11.0. The zero-order valence-corrected chi connectivity index (χ0v) is 24.7. The Kier molecular flexibility index (Phi) is 12.4. The molecule has 0 bridgehead atoms. The summed E-state index contributed by atoms with van der Waals surface area (Å²) in [6, 6.07) is 13.5. The van der Waals surface area contributed by atoms with Crippen LogP contribution in [0.4, 0.5) is 10.5 Å². The zero-order valence-electron chi connectivity index (χ0n) is 24.7. The topological polar surface area (TPSA) is 135 Å². The SMILES string of the molecule is COc1ccc(NC(=O)C(=O)C(COCc2ccccc2)NC(=O)C(CC2CCCCC2)NC(=O)N2CCOCC2)cc1. The minimum absolute atomic E-state index is 0.194. The van der Waals surface area contributed by atoms with Gasteiger partial charge in [-0.3, -0.25) is 14.4 Å². The van der Waals surface area contributed by atoms with Gasteiger partial charge in [0.1, 0.15) is 17.8 Å². The third-order valence-electron chi connectivity index (χ3n) is 7.81. The monoisotopic (exact) mass is 594 g/mol. The molecule has 11 nitrogen and oxygen atoms in total. The minimum Gasteiger partial charge on any atom is -0.497 e. The summed E-state index contributed by atoms with van der Waals surface area (Å²) in [5.41, 5.74) is 1.29. The van der Waals surface area contributed by atoms with Crippen LogP contribution in [0, 0.1) is 5.92 Å². The average molecular weight is 595 g/mol. The lowest BCUT2D eigenvalue weighted by Gasteiger charge is -2.31. The lowest BCUT2D eigenvalue weighted by molar-refractivity contribution is -0.139. The fourth-order valence-electron chi connectivity index (χ4n) is 5.34. The van der Waals surface area contributed by atoms with E-state index < -0.39 is 29.7 Å². The Bertz CT molecular complexity index is 1200. The van der Waals surface area contributed by atoms with E-state index in [0.717, 1.165) is 37.7 Å². The maximum Gasteiger partial charge on any atom is 0.318 e. The van der Waals surface area contributed by atoms with E-state index in [-0.39, 0.29) is 25.2 Å². The number of anilines is 1. The molecular weight excluding hydrogens is 552 g/mol. The molecule has 2 fully saturated rings.